The Morgan fingerprint density at radius 2 is 1.14 bits per heavy atom. The van der Waals surface area contributed by atoms with Crippen LogP contribution in [-0.2, 0) is 14.9 Å². The van der Waals surface area contributed by atoms with Crippen LogP contribution in [0.4, 0.5) is 39.5 Å². The molecule has 0 radical (unpaired) electrons. The van der Waals surface area contributed by atoms with Crippen LogP contribution in [0.3, 0.4) is 0 Å². The summed E-state index contributed by atoms with van der Waals surface area (Å²) in [6.45, 7) is -1.85. The van der Waals surface area contributed by atoms with Crippen LogP contribution < -0.4 is 0 Å². The van der Waals surface area contributed by atoms with Gasteiger partial charge in [0.05, 0.1) is 5.75 Å². The molecule has 0 bridgehead atoms. The van der Waals surface area contributed by atoms with Crippen molar-refractivity contribution in [2.24, 2.45) is 0 Å². The van der Waals surface area contributed by atoms with Crippen LogP contribution in [0.2, 0.25) is 0 Å². The van der Waals surface area contributed by atoms with Gasteiger partial charge in [-0.2, -0.15) is 47.9 Å². The van der Waals surface area contributed by atoms with Crippen LogP contribution in [0.1, 0.15) is 6.42 Å². The first-order valence-corrected chi connectivity index (χ1v) is 6.36. The van der Waals surface area contributed by atoms with E-state index in [0.29, 0.717) is 0 Å². The highest BCUT2D eigenvalue weighted by molar-refractivity contribution is 7.85. The van der Waals surface area contributed by atoms with Gasteiger partial charge in [0.25, 0.3) is 10.1 Å². The Labute approximate surface area is 111 Å². The monoisotopic (exact) mass is 358 g/mol. The Balaban J connectivity index is 5.44. The van der Waals surface area contributed by atoms with Crippen LogP contribution in [0.25, 0.3) is 0 Å². The first-order chi connectivity index (χ1) is 8.96. The van der Waals surface area contributed by atoms with Crippen molar-refractivity contribution in [1.82, 2.24) is 0 Å². The van der Waals surface area contributed by atoms with E-state index in [1.165, 1.54) is 0 Å². The Morgan fingerprint density at radius 1 is 0.810 bits per heavy atom. The fourth-order valence-electron chi connectivity index (χ4n) is 1.19. The lowest BCUT2D eigenvalue weighted by Gasteiger charge is -2.37. The fourth-order valence-corrected chi connectivity index (χ4v) is 1.68. The van der Waals surface area contributed by atoms with Crippen molar-refractivity contribution in [3.05, 3.63) is 0 Å². The van der Waals surface area contributed by atoms with Gasteiger partial charge in [-0.1, -0.05) is 0 Å². The van der Waals surface area contributed by atoms with E-state index in [2.05, 4.69) is 4.74 Å². The molecule has 21 heavy (non-hydrogen) atoms. The van der Waals surface area contributed by atoms with Gasteiger partial charge in [-0.25, -0.2) is 0 Å². The highest BCUT2D eigenvalue weighted by Crippen LogP contribution is 2.54. The predicted octanol–water partition coefficient (Wildman–Crippen LogP) is 2.71. The molecule has 14 heteroatoms. The lowest BCUT2D eigenvalue weighted by Crippen LogP contribution is -2.67. The second kappa shape index (κ2) is 5.79. The molecule has 0 aliphatic heterocycles. The minimum Gasteiger partial charge on any atom is -0.351 e. The summed E-state index contributed by atoms with van der Waals surface area (Å²) in [6.07, 6.45) is -21.8. The minimum atomic E-state index is -6.87. The molecule has 0 saturated carbocycles. The number of alkyl halides is 9. The summed E-state index contributed by atoms with van der Waals surface area (Å²) in [5.41, 5.74) is -6.44. The molecule has 4 nitrogen and oxygen atoms in total. The van der Waals surface area contributed by atoms with Crippen molar-refractivity contribution in [2.75, 3.05) is 12.4 Å². The molecule has 0 aromatic rings. The molecule has 0 aliphatic rings. The van der Waals surface area contributed by atoms with Crippen molar-refractivity contribution in [3.63, 3.8) is 0 Å². The van der Waals surface area contributed by atoms with Crippen LogP contribution in [0, 0.1) is 0 Å². The van der Waals surface area contributed by atoms with E-state index < -0.39 is 53.0 Å². The third kappa shape index (κ3) is 4.60. The molecule has 1 N–H and O–H groups in total. The first kappa shape index (κ1) is 20.2. The van der Waals surface area contributed by atoms with Crippen LogP contribution in [0.5, 0.6) is 0 Å². The standard InChI is InChI=1S/C7H7F9O4S/c8-5(9,10)4(6(11,12)13,7(14,15)16)20-2-1-3-21(17,18)19/h1-3H2,(H,17,18,19). The smallest absolute Gasteiger partial charge is 0.351 e. The Hall–Kier alpha value is -0.760. The zero-order valence-electron chi connectivity index (χ0n) is 9.60. The van der Waals surface area contributed by atoms with Crippen molar-refractivity contribution in [1.29, 1.82) is 0 Å². The molecule has 0 atom stereocenters. The zero-order valence-corrected chi connectivity index (χ0v) is 10.4. The van der Waals surface area contributed by atoms with E-state index in [1.807, 2.05) is 0 Å². The van der Waals surface area contributed by atoms with Crippen molar-refractivity contribution in [3.8, 4) is 0 Å². The van der Waals surface area contributed by atoms with Gasteiger partial charge in [0.1, 0.15) is 0 Å². The molecular formula is C7H7F9O4S. The van der Waals surface area contributed by atoms with Gasteiger partial charge in [0, 0.05) is 6.61 Å². The second-order valence-electron chi connectivity index (χ2n) is 3.66. The second-order valence-corrected chi connectivity index (χ2v) is 5.23. The SMILES string of the molecule is O=S(=O)(O)CCCOC(C(F)(F)F)(C(F)(F)F)C(F)(F)F. The highest BCUT2D eigenvalue weighted by Gasteiger charge is 2.85. The molecule has 128 valence electrons. The van der Waals surface area contributed by atoms with E-state index in [0.717, 1.165) is 0 Å². The van der Waals surface area contributed by atoms with Crippen LogP contribution in [-0.4, -0.2) is 49.5 Å². The molecule has 0 unspecified atom stereocenters. The molecule has 0 amide bonds. The summed E-state index contributed by atoms with van der Waals surface area (Å²) < 4.78 is 142. The van der Waals surface area contributed by atoms with Gasteiger partial charge >= 0.3 is 24.1 Å². The average molecular weight is 358 g/mol. The van der Waals surface area contributed by atoms with Crippen molar-refractivity contribution >= 4 is 10.1 Å². The van der Waals surface area contributed by atoms with Crippen molar-refractivity contribution < 1.29 is 57.2 Å². The van der Waals surface area contributed by atoms with Gasteiger partial charge in [-0.15, -0.1) is 0 Å². The molecule has 0 rings (SSSR count). The average Bonchev–Trinajstić information content (AvgIpc) is 2.08. The summed E-state index contributed by atoms with van der Waals surface area (Å²) in [6, 6.07) is 0. The van der Waals surface area contributed by atoms with Gasteiger partial charge < -0.3 is 4.74 Å². The number of halogens is 9. The van der Waals surface area contributed by atoms with E-state index >= 15 is 0 Å². The number of rotatable bonds is 5. The Kier molecular flexibility index (Phi) is 5.58. The lowest BCUT2D eigenvalue weighted by molar-refractivity contribution is -0.457. The fraction of sp³-hybridized carbons (Fsp3) is 1.00. The largest absolute Gasteiger partial charge is 0.435 e. The van der Waals surface area contributed by atoms with Gasteiger partial charge in [0.15, 0.2) is 0 Å². The number of hydrogen-bond acceptors (Lipinski definition) is 3. The number of ether oxygens (including phenoxy) is 1. The van der Waals surface area contributed by atoms with Gasteiger partial charge in [-0.3, -0.25) is 4.55 Å². The maximum absolute atomic E-state index is 12.3. The summed E-state index contributed by atoms with van der Waals surface area (Å²) in [7, 11) is -4.77. The van der Waals surface area contributed by atoms with E-state index in [4.69, 9.17) is 4.55 Å². The zero-order chi connectivity index (χ0) is 17.3. The molecule has 0 heterocycles. The highest BCUT2D eigenvalue weighted by atomic mass is 32.2. The maximum Gasteiger partial charge on any atom is 0.435 e. The first-order valence-electron chi connectivity index (χ1n) is 4.75. The third-order valence-electron chi connectivity index (χ3n) is 2.06. The Morgan fingerprint density at radius 3 is 1.38 bits per heavy atom. The lowest BCUT2D eigenvalue weighted by atomic mass is 10.0. The normalized spacial score (nSPS) is 15.3. The van der Waals surface area contributed by atoms with E-state index in [9.17, 15) is 47.9 Å². The third-order valence-corrected chi connectivity index (χ3v) is 2.87. The van der Waals surface area contributed by atoms with Crippen molar-refractivity contribution in [2.45, 2.75) is 30.6 Å². The molecule has 0 aliphatic carbocycles. The van der Waals surface area contributed by atoms with E-state index in [-0.39, 0.29) is 0 Å². The minimum absolute atomic E-state index is 1.21. The summed E-state index contributed by atoms with van der Waals surface area (Å²) in [5, 5.41) is 0. The van der Waals surface area contributed by atoms with Crippen LogP contribution >= 0.6 is 0 Å². The summed E-state index contributed by atoms with van der Waals surface area (Å²) in [4.78, 5) is 0. The molecule has 0 aromatic carbocycles. The topological polar surface area (TPSA) is 63.6 Å². The quantitative estimate of drug-likeness (QED) is 0.466. The maximum atomic E-state index is 12.3. The molecule has 0 fully saturated rings. The Bertz CT molecular complexity index is 410. The number of hydrogen-bond donors (Lipinski definition) is 1. The van der Waals surface area contributed by atoms with Gasteiger partial charge in [0.2, 0.25) is 0 Å². The molecular weight excluding hydrogens is 351 g/mol. The molecule has 0 spiro atoms. The predicted molar refractivity (Wildman–Crippen MR) is 47.9 cm³/mol. The summed E-state index contributed by atoms with van der Waals surface area (Å²) in [5.74, 6) is -1.36. The summed E-state index contributed by atoms with van der Waals surface area (Å²) >= 11 is 0. The van der Waals surface area contributed by atoms with Gasteiger partial charge in [-0.05, 0) is 6.42 Å². The van der Waals surface area contributed by atoms with Crippen LogP contribution in [0.15, 0.2) is 0 Å². The molecule has 0 saturated heterocycles. The van der Waals surface area contributed by atoms with E-state index in [1.54, 1.807) is 0 Å². The molecule has 0 aromatic heterocycles.